The number of carbonyl (C=O) groups excluding carboxylic acids is 3. The van der Waals surface area contributed by atoms with Crippen molar-refractivity contribution in [1.29, 1.82) is 0 Å². The third-order valence-corrected chi connectivity index (χ3v) is 8.94. The molecule has 0 radical (unpaired) electrons. The third-order valence-electron chi connectivity index (χ3n) is 8.94. The summed E-state index contributed by atoms with van der Waals surface area (Å²) >= 11 is 0. The second kappa shape index (κ2) is 35.2. The van der Waals surface area contributed by atoms with Gasteiger partial charge in [0.15, 0.2) is 0 Å². The molecule has 49 heavy (non-hydrogen) atoms. The molecule has 0 bridgehead atoms. The first-order valence-corrected chi connectivity index (χ1v) is 20.2. The largest absolute Gasteiger partial charge is 0.465 e. The molecule has 280 valence electrons. The van der Waals surface area contributed by atoms with E-state index in [1.807, 2.05) is 6.92 Å². The number of rotatable bonds is 2. The Balaban J connectivity index is 2.36. The zero-order valence-electron chi connectivity index (χ0n) is 31.4. The Morgan fingerprint density at radius 3 is 1.27 bits per heavy atom. The van der Waals surface area contributed by atoms with Crippen LogP contribution in [-0.4, -0.2) is 37.2 Å². The van der Waals surface area contributed by atoms with E-state index >= 15 is 0 Å². The van der Waals surface area contributed by atoms with Gasteiger partial charge in [0.05, 0.1) is 13.2 Å². The van der Waals surface area contributed by atoms with Gasteiger partial charge in [-0.2, -0.15) is 0 Å². The van der Waals surface area contributed by atoms with Gasteiger partial charge < -0.3 is 14.2 Å². The summed E-state index contributed by atoms with van der Waals surface area (Å²) in [5.41, 5.74) is 0. The summed E-state index contributed by atoms with van der Waals surface area (Å²) in [6, 6.07) is 0. The quantitative estimate of drug-likeness (QED) is 0.125. The van der Waals surface area contributed by atoms with Gasteiger partial charge in [0.25, 0.3) is 0 Å². The van der Waals surface area contributed by atoms with Crippen molar-refractivity contribution in [1.82, 2.24) is 0 Å². The maximum absolute atomic E-state index is 12.0. The molecule has 1 rings (SSSR count). The van der Waals surface area contributed by atoms with Gasteiger partial charge >= 0.3 is 17.9 Å². The molecule has 0 aromatic heterocycles. The third kappa shape index (κ3) is 32.3. The number of cyclic esters (lactones) is 2. The number of carbonyl (C=O) groups is 3. The molecule has 0 amide bonds. The van der Waals surface area contributed by atoms with E-state index in [9.17, 15) is 14.4 Å². The number of hydrogen-bond acceptors (Lipinski definition) is 6. The first-order chi connectivity index (χ1) is 24.1. The van der Waals surface area contributed by atoms with E-state index in [4.69, 9.17) is 14.2 Å². The lowest BCUT2D eigenvalue weighted by atomic mass is 10.0. The average molecular weight is 685 g/mol. The van der Waals surface area contributed by atoms with Gasteiger partial charge in [-0.05, 0) is 116 Å². The fourth-order valence-corrected chi connectivity index (χ4v) is 5.90. The Hall–Kier alpha value is -2.63. The fraction of sp³-hybridized carbons (Fsp3) is 0.744. The van der Waals surface area contributed by atoms with Crippen LogP contribution in [0.15, 0.2) is 48.6 Å². The lowest BCUT2D eigenvalue weighted by Crippen LogP contribution is -2.17. The zero-order valence-corrected chi connectivity index (χ0v) is 31.4. The van der Waals surface area contributed by atoms with Crippen LogP contribution in [0, 0.1) is 0 Å². The van der Waals surface area contributed by atoms with E-state index in [1.165, 1.54) is 64.2 Å². The van der Waals surface area contributed by atoms with Gasteiger partial charge in [-0.25, -0.2) is 0 Å². The van der Waals surface area contributed by atoms with E-state index in [2.05, 4.69) is 48.6 Å². The molecular formula is C43H72O6. The first-order valence-electron chi connectivity index (χ1n) is 20.2. The molecule has 0 spiro atoms. The standard InChI is InChI=1S/C43H72O6/c1-2-41(44)49-40-35-31-27-23-19-15-11-7-3-5-9-13-17-21-25-29-33-37-47-42(45)39-43(46)48-38-34-30-26-22-18-14-10-6-4-8-12-16-20-24-28-32-36-40/h3-6,13-14,17-18,40H,2,7-12,15-16,19-39H2,1H3. The Labute approximate surface area is 300 Å². The summed E-state index contributed by atoms with van der Waals surface area (Å²) < 4.78 is 16.2. The predicted molar refractivity (Wildman–Crippen MR) is 203 cm³/mol. The summed E-state index contributed by atoms with van der Waals surface area (Å²) in [5.74, 6) is -1.04. The summed E-state index contributed by atoms with van der Waals surface area (Å²) in [7, 11) is 0. The molecule has 0 saturated heterocycles. The smallest absolute Gasteiger partial charge is 0.317 e. The highest BCUT2D eigenvalue weighted by atomic mass is 16.6. The van der Waals surface area contributed by atoms with E-state index in [1.54, 1.807) is 0 Å². The molecule has 1 aliphatic heterocycles. The van der Waals surface area contributed by atoms with Crippen LogP contribution in [0.4, 0.5) is 0 Å². The van der Waals surface area contributed by atoms with Crippen LogP contribution < -0.4 is 0 Å². The Bertz CT molecular complexity index is 853. The minimum absolute atomic E-state index is 0.0512. The van der Waals surface area contributed by atoms with Crippen molar-refractivity contribution in [3.8, 4) is 0 Å². The van der Waals surface area contributed by atoms with Crippen molar-refractivity contribution >= 4 is 17.9 Å². The van der Waals surface area contributed by atoms with Crippen LogP contribution >= 0.6 is 0 Å². The lowest BCUT2D eigenvalue weighted by Gasteiger charge is -2.17. The highest BCUT2D eigenvalue weighted by Crippen LogP contribution is 2.18. The summed E-state index contributed by atoms with van der Waals surface area (Å²) in [5, 5.41) is 0. The highest BCUT2D eigenvalue weighted by molar-refractivity contribution is 5.91. The number of hydrogen-bond donors (Lipinski definition) is 0. The van der Waals surface area contributed by atoms with Crippen molar-refractivity contribution in [2.24, 2.45) is 0 Å². The predicted octanol–water partition coefficient (Wildman–Crippen LogP) is 12.2. The van der Waals surface area contributed by atoms with Crippen LogP contribution in [0.25, 0.3) is 0 Å². The van der Waals surface area contributed by atoms with Gasteiger partial charge in [0, 0.05) is 6.42 Å². The number of esters is 3. The van der Waals surface area contributed by atoms with Gasteiger partial charge in [0.2, 0.25) is 0 Å². The summed E-state index contributed by atoms with van der Waals surface area (Å²) in [4.78, 5) is 35.7. The van der Waals surface area contributed by atoms with Gasteiger partial charge in [-0.1, -0.05) is 107 Å². The first kappa shape index (κ1) is 44.4. The molecule has 1 heterocycles. The molecule has 0 N–H and O–H groups in total. The lowest BCUT2D eigenvalue weighted by molar-refractivity contribution is -0.155. The minimum Gasteiger partial charge on any atom is -0.465 e. The monoisotopic (exact) mass is 685 g/mol. The molecule has 6 nitrogen and oxygen atoms in total. The van der Waals surface area contributed by atoms with E-state index in [0.717, 1.165) is 103 Å². The Morgan fingerprint density at radius 2 is 0.878 bits per heavy atom. The van der Waals surface area contributed by atoms with Gasteiger partial charge in [0.1, 0.15) is 12.5 Å². The van der Waals surface area contributed by atoms with Crippen molar-refractivity contribution in [3.63, 3.8) is 0 Å². The second-order valence-corrected chi connectivity index (χ2v) is 13.5. The van der Waals surface area contributed by atoms with Crippen molar-refractivity contribution in [2.45, 2.75) is 193 Å². The second-order valence-electron chi connectivity index (χ2n) is 13.5. The molecule has 0 aromatic rings. The summed E-state index contributed by atoms with van der Waals surface area (Å²) in [6.45, 7) is 2.61. The molecule has 0 aromatic carbocycles. The average Bonchev–Trinajstić information content (AvgIpc) is 3.09. The summed E-state index contributed by atoms with van der Waals surface area (Å²) in [6.07, 6.45) is 47.3. The highest BCUT2D eigenvalue weighted by Gasteiger charge is 2.13. The molecule has 0 aliphatic carbocycles. The van der Waals surface area contributed by atoms with Crippen LogP contribution in [0.5, 0.6) is 0 Å². The normalized spacial score (nSPS) is 22.1. The Kier molecular flexibility index (Phi) is 31.9. The molecule has 0 saturated carbocycles. The van der Waals surface area contributed by atoms with Crippen molar-refractivity contribution < 1.29 is 28.6 Å². The van der Waals surface area contributed by atoms with E-state index in [-0.39, 0.29) is 18.5 Å². The SMILES string of the molecule is CCC(=O)OC1CCCCCCCCC=CCC=CCCCCCOC(=O)CC(=O)OCCCCCC=CCC=CCCCCCCCC1. The van der Waals surface area contributed by atoms with E-state index in [0.29, 0.717) is 19.6 Å². The van der Waals surface area contributed by atoms with Crippen molar-refractivity contribution in [3.05, 3.63) is 48.6 Å². The molecule has 1 aliphatic rings. The van der Waals surface area contributed by atoms with Crippen LogP contribution in [0.1, 0.15) is 187 Å². The van der Waals surface area contributed by atoms with Gasteiger partial charge in [-0.3, -0.25) is 14.4 Å². The molecular weight excluding hydrogens is 612 g/mol. The Morgan fingerprint density at radius 1 is 0.531 bits per heavy atom. The number of ether oxygens (including phenoxy) is 3. The maximum atomic E-state index is 12.0. The van der Waals surface area contributed by atoms with Crippen LogP contribution in [-0.2, 0) is 28.6 Å². The van der Waals surface area contributed by atoms with Gasteiger partial charge in [-0.15, -0.1) is 0 Å². The van der Waals surface area contributed by atoms with Crippen LogP contribution in [0.3, 0.4) is 0 Å². The molecule has 0 atom stereocenters. The zero-order chi connectivity index (χ0) is 35.3. The topological polar surface area (TPSA) is 78.9 Å². The van der Waals surface area contributed by atoms with Crippen LogP contribution in [0.2, 0.25) is 0 Å². The molecule has 0 unspecified atom stereocenters. The fourth-order valence-electron chi connectivity index (χ4n) is 5.90. The van der Waals surface area contributed by atoms with Crippen molar-refractivity contribution in [2.75, 3.05) is 13.2 Å². The van der Waals surface area contributed by atoms with E-state index < -0.39 is 11.9 Å². The molecule has 6 heteroatoms. The number of allylic oxidation sites excluding steroid dienone is 8. The molecule has 0 fully saturated rings. The maximum Gasteiger partial charge on any atom is 0.317 e. The minimum atomic E-state index is -0.493.